The number of carbonyl (C=O) groups is 1. The maximum absolute atomic E-state index is 12.0. The molecule has 0 fully saturated rings. The molecule has 1 N–H and O–H groups in total. The average molecular weight is 236 g/mol. The predicted molar refractivity (Wildman–Crippen MR) is 68.2 cm³/mol. The molecule has 1 rings (SSSR count). The van der Waals surface area contributed by atoms with Gasteiger partial charge in [0.05, 0.1) is 0 Å². The second-order valence-corrected chi connectivity index (χ2v) is 4.79. The van der Waals surface area contributed by atoms with E-state index in [-0.39, 0.29) is 17.0 Å². The Morgan fingerprint density at radius 2 is 2.06 bits per heavy atom. The lowest BCUT2D eigenvalue weighted by molar-refractivity contribution is 0.0787. The minimum Gasteiger partial charge on any atom is -0.342 e. The molecule has 0 aromatic carbocycles. The van der Waals surface area contributed by atoms with Gasteiger partial charge in [-0.1, -0.05) is 13.8 Å². The van der Waals surface area contributed by atoms with Gasteiger partial charge in [0.25, 0.3) is 11.5 Å². The molecule has 0 radical (unpaired) electrons. The van der Waals surface area contributed by atoms with Crippen LogP contribution in [0.5, 0.6) is 0 Å². The highest BCUT2D eigenvalue weighted by atomic mass is 16.2. The van der Waals surface area contributed by atoms with Crippen LogP contribution in [0.25, 0.3) is 0 Å². The van der Waals surface area contributed by atoms with E-state index < -0.39 is 0 Å². The number of hydrogen-bond donors (Lipinski definition) is 1. The number of amides is 1. The summed E-state index contributed by atoms with van der Waals surface area (Å²) in [6.45, 7) is 6.68. The molecule has 0 saturated carbocycles. The number of H-pyrrole nitrogens is 1. The number of pyridine rings is 1. The number of nitrogens with zero attached hydrogens (tertiary/aromatic N) is 1. The zero-order chi connectivity index (χ0) is 13.0. The van der Waals surface area contributed by atoms with E-state index in [2.05, 4.69) is 18.8 Å². The quantitative estimate of drug-likeness (QED) is 0.866. The molecule has 94 valence electrons. The first-order valence-corrected chi connectivity index (χ1v) is 5.87. The topological polar surface area (TPSA) is 53.2 Å². The fourth-order valence-electron chi connectivity index (χ4n) is 1.50. The first-order chi connectivity index (χ1) is 7.91. The van der Waals surface area contributed by atoms with Crippen molar-refractivity contribution in [1.82, 2.24) is 9.88 Å². The summed E-state index contributed by atoms with van der Waals surface area (Å²) in [5.74, 6) is 0.327. The highest BCUT2D eigenvalue weighted by Crippen LogP contribution is 2.04. The van der Waals surface area contributed by atoms with Gasteiger partial charge in [-0.2, -0.15) is 0 Å². The summed E-state index contributed by atoms with van der Waals surface area (Å²) in [4.78, 5) is 27.8. The predicted octanol–water partition coefficient (Wildman–Crippen LogP) is 1.80. The van der Waals surface area contributed by atoms with Crippen molar-refractivity contribution >= 4 is 5.91 Å². The Kier molecular flexibility index (Phi) is 4.49. The molecule has 0 unspecified atom stereocenters. The molecule has 0 saturated heterocycles. The van der Waals surface area contributed by atoms with Crippen molar-refractivity contribution in [3.63, 3.8) is 0 Å². The first kappa shape index (κ1) is 13.5. The zero-order valence-electron chi connectivity index (χ0n) is 10.9. The maximum Gasteiger partial charge on any atom is 0.260 e. The van der Waals surface area contributed by atoms with E-state index in [0.717, 1.165) is 12.1 Å². The standard InChI is InChI=1S/C13H20N2O2/c1-9(2)7-8-15(4)13(17)11-6-5-10(3)14-12(11)16/h5-6,9H,7-8H2,1-4H3,(H,14,16). The van der Waals surface area contributed by atoms with Crippen molar-refractivity contribution in [2.45, 2.75) is 27.2 Å². The summed E-state index contributed by atoms with van der Waals surface area (Å²) >= 11 is 0. The second kappa shape index (κ2) is 5.66. The Hall–Kier alpha value is -1.58. The Morgan fingerprint density at radius 3 is 2.59 bits per heavy atom. The highest BCUT2D eigenvalue weighted by molar-refractivity contribution is 5.93. The van der Waals surface area contributed by atoms with Crippen molar-refractivity contribution in [3.8, 4) is 0 Å². The van der Waals surface area contributed by atoms with Gasteiger partial charge in [-0.3, -0.25) is 9.59 Å². The zero-order valence-corrected chi connectivity index (χ0v) is 10.9. The fraction of sp³-hybridized carbons (Fsp3) is 0.538. The molecule has 1 aromatic heterocycles. The van der Waals surface area contributed by atoms with Gasteiger partial charge in [0.2, 0.25) is 0 Å². The van der Waals surface area contributed by atoms with Crippen molar-refractivity contribution in [3.05, 3.63) is 33.7 Å². The normalized spacial score (nSPS) is 10.6. The van der Waals surface area contributed by atoms with Gasteiger partial charge in [0.1, 0.15) is 5.56 Å². The molecule has 0 aliphatic heterocycles. The first-order valence-electron chi connectivity index (χ1n) is 5.87. The molecule has 0 atom stereocenters. The number of rotatable bonds is 4. The Bertz CT molecular complexity index is 449. The Balaban J connectivity index is 2.78. The van der Waals surface area contributed by atoms with Gasteiger partial charge in [0.15, 0.2) is 0 Å². The minimum atomic E-state index is -0.314. The third kappa shape index (κ3) is 3.73. The molecule has 17 heavy (non-hydrogen) atoms. The number of aromatic nitrogens is 1. The van der Waals surface area contributed by atoms with Gasteiger partial charge < -0.3 is 9.88 Å². The van der Waals surface area contributed by atoms with Crippen LogP contribution in [0.2, 0.25) is 0 Å². The van der Waals surface area contributed by atoms with Gasteiger partial charge in [-0.05, 0) is 31.4 Å². The summed E-state index contributed by atoms with van der Waals surface area (Å²) in [7, 11) is 1.73. The third-order valence-electron chi connectivity index (χ3n) is 2.67. The van der Waals surface area contributed by atoms with E-state index >= 15 is 0 Å². The Labute approximate surface area is 102 Å². The molecule has 1 aromatic rings. The van der Waals surface area contributed by atoms with E-state index in [4.69, 9.17) is 0 Å². The van der Waals surface area contributed by atoms with Crippen molar-refractivity contribution in [2.75, 3.05) is 13.6 Å². The fourth-order valence-corrected chi connectivity index (χ4v) is 1.50. The minimum absolute atomic E-state index is 0.210. The number of carbonyl (C=O) groups excluding carboxylic acids is 1. The van der Waals surface area contributed by atoms with Crippen LogP contribution in [0.15, 0.2) is 16.9 Å². The van der Waals surface area contributed by atoms with Crippen LogP contribution in [-0.4, -0.2) is 29.4 Å². The molecular formula is C13H20N2O2. The van der Waals surface area contributed by atoms with Crippen LogP contribution in [0.3, 0.4) is 0 Å². The van der Waals surface area contributed by atoms with E-state index in [1.54, 1.807) is 31.0 Å². The van der Waals surface area contributed by atoms with Crippen molar-refractivity contribution in [1.29, 1.82) is 0 Å². The van der Waals surface area contributed by atoms with E-state index in [9.17, 15) is 9.59 Å². The molecule has 4 heteroatoms. The van der Waals surface area contributed by atoms with Gasteiger partial charge in [-0.25, -0.2) is 0 Å². The number of hydrogen-bond acceptors (Lipinski definition) is 2. The lowest BCUT2D eigenvalue weighted by Gasteiger charge is -2.17. The monoisotopic (exact) mass is 236 g/mol. The van der Waals surface area contributed by atoms with Crippen LogP contribution in [0.1, 0.15) is 36.3 Å². The van der Waals surface area contributed by atoms with E-state index in [1.165, 1.54) is 0 Å². The van der Waals surface area contributed by atoms with E-state index in [1.807, 2.05) is 0 Å². The molecular weight excluding hydrogens is 216 g/mol. The number of aryl methyl sites for hydroxylation is 1. The van der Waals surface area contributed by atoms with Crippen LogP contribution in [-0.2, 0) is 0 Å². The van der Waals surface area contributed by atoms with Gasteiger partial charge in [-0.15, -0.1) is 0 Å². The molecule has 0 aliphatic carbocycles. The van der Waals surface area contributed by atoms with Crippen LogP contribution >= 0.6 is 0 Å². The third-order valence-corrected chi connectivity index (χ3v) is 2.67. The molecule has 4 nitrogen and oxygen atoms in total. The molecule has 1 heterocycles. The molecule has 0 spiro atoms. The Morgan fingerprint density at radius 1 is 1.41 bits per heavy atom. The van der Waals surface area contributed by atoms with E-state index in [0.29, 0.717) is 12.5 Å². The number of aromatic amines is 1. The lowest BCUT2D eigenvalue weighted by atomic mass is 10.1. The molecule has 1 amide bonds. The number of nitrogens with one attached hydrogen (secondary N) is 1. The smallest absolute Gasteiger partial charge is 0.260 e. The SMILES string of the molecule is Cc1ccc(C(=O)N(C)CCC(C)C)c(=O)[nH]1. The van der Waals surface area contributed by atoms with Crippen LogP contribution < -0.4 is 5.56 Å². The maximum atomic E-state index is 12.0. The lowest BCUT2D eigenvalue weighted by Crippen LogP contribution is -2.32. The van der Waals surface area contributed by atoms with Crippen LogP contribution in [0.4, 0.5) is 0 Å². The summed E-state index contributed by atoms with van der Waals surface area (Å²) in [5.41, 5.74) is 0.657. The highest BCUT2D eigenvalue weighted by Gasteiger charge is 2.15. The van der Waals surface area contributed by atoms with Crippen molar-refractivity contribution < 1.29 is 4.79 Å². The van der Waals surface area contributed by atoms with Crippen LogP contribution in [0, 0.1) is 12.8 Å². The second-order valence-electron chi connectivity index (χ2n) is 4.79. The molecule has 0 bridgehead atoms. The van der Waals surface area contributed by atoms with Gasteiger partial charge >= 0.3 is 0 Å². The summed E-state index contributed by atoms with van der Waals surface area (Å²) in [6, 6.07) is 3.33. The molecule has 0 aliphatic rings. The average Bonchev–Trinajstić information content (AvgIpc) is 2.25. The van der Waals surface area contributed by atoms with Gasteiger partial charge in [0, 0.05) is 19.3 Å². The van der Waals surface area contributed by atoms with Crippen molar-refractivity contribution in [2.24, 2.45) is 5.92 Å². The summed E-state index contributed by atoms with van der Waals surface area (Å²) < 4.78 is 0. The summed E-state index contributed by atoms with van der Waals surface area (Å²) in [6.07, 6.45) is 0.937. The summed E-state index contributed by atoms with van der Waals surface area (Å²) in [5, 5.41) is 0. The largest absolute Gasteiger partial charge is 0.342 e.